The number of ether oxygens (including phenoxy) is 3. The van der Waals surface area contributed by atoms with Gasteiger partial charge in [-0.15, -0.1) is 0 Å². The third kappa shape index (κ3) is 12.2. The molecule has 51 heavy (non-hydrogen) atoms. The molecule has 0 unspecified atom stereocenters. The second-order valence-electron chi connectivity index (χ2n) is 14.0. The van der Waals surface area contributed by atoms with E-state index < -0.39 is 17.7 Å². The molecule has 1 aliphatic rings. The SMILES string of the molecule is COc1cc(N(C)CCCCCC(=O)N(C)CCN2CCC(OC(=O)Nc3ccccc3-c3ccccc3)CC2)c(Cl)cc1C(=O)OC(C)(C)C. The van der Waals surface area contributed by atoms with Crippen molar-refractivity contribution in [2.75, 3.05) is 64.1 Å². The fraction of sp³-hybridized carbons (Fsp3) is 0.475. The minimum atomic E-state index is -0.631. The van der Waals surface area contributed by atoms with Crippen LogP contribution in [0.4, 0.5) is 16.2 Å². The third-order valence-corrected chi connectivity index (χ3v) is 9.22. The molecule has 1 saturated heterocycles. The predicted octanol–water partition coefficient (Wildman–Crippen LogP) is 8.14. The molecule has 3 aromatic rings. The van der Waals surface area contributed by atoms with Gasteiger partial charge in [-0.1, -0.05) is 66.6 Å². The number of nitrogens with zero attached hydrogens (tertiary/aromatic N) is 3. The van der Waals surface area contributed by atoms with Gasteiger partial charge in [0.25, 0.3) is 0 Å². The number of nitrogens with one attached hydrogen (secondary N) is 1. The Labute approximate surface area is 308 Å². The zero-order valence-electron chi connectivity index (χ0n) is 30.9. The summed E-state index contributed by atoms with van der Waals surface area (Å²) in [6, 6.07) is 21.0. The van der Waals surface area contributed by atoms with Crippen LogP contribution in [0.15, 0.2) is 66.7 Å². The normalized spacial score (nSPS) is 13.7. The number of likely N-dealkylation sites (tertiary alicyclic amines) is 1. The first kappa shape index (κ1) is 39.5. The molecule has 1 fully saturated rings. The number of para-hydroxylation sites is 1. The summed E-state index contributed by atoms with van der Waals surface area (Å²) in [7, 11) is 5.33. The summed E-state index contributed by atoms with van der Waals surface area (Å²) in [5.41, 5.74) is 3.12. The van der Waals surface area contributed by atoms with Crippen molar-refractivity contribution in [3.8, 4) is 16.9 Å². The summed E-state index contributed by atoms with van der Waals surface area (Å²) in [6.45, 7) is 9.24. The van der Waals surface area contributed by atoms with Crippen LogP contribution < -0.4 is 15.0 Å². The van der Waals surface area contributed by atoms with E-state index in [1.807, 2.05) is 99.3 Å². The van der Waals surface area contributed by atoms with Gasteiger partial charge >= 0.3 is 12.1 Å². The Morgan fingerprint density at radius 2 is 1.61 bits per heavy atom. The molecule has 0 bridgehead atoms. The van der Waals surface area contributed by atoms with Gasteiger partial charge in [-0.2, -0.15) is 0 Å². The number of piperidine rings is 1. The lowest BCUT2D eigenvalue weighted by molar-refractivity contribution is -0.130. The number of carbonyl (C=O) groups is 3. The van der Waals surface area contributed by atoms with Gasteiger partial charge in [-0.3, -0.25) is 10.1 Å². The average molecular weight is 721 g/mol. The van der Waals surface area contributed by atoms with Gasteiger partial charge < -0.3 is 28.9 Å². The molecule has 0 saturated carbocycles. The van der Waals surface area contributed by atoms with Crippen LogP contribution in [-0.2, 0) is 14.3 Å². The number of likely N-dealkylation sites (N-methyl/N-ethyl adjacent to an activating group) is 1. The first-order valence-electron chi connectivity index (χ1n) is 17.7. The highest BCUT2D eigenvalue weighted by molar-refractivity contribution is 6.33. The van der Waals surface area contributed by atoms with Gasteiger partial charge in [0.1, 0.15) is 23.0 Å². The van der Waals surface area contributed by atoms with E-state index in [4.69, 9.17) is 25.8 Å². The van der Waals surface area contributed by atoms with Gasteiger partial charge in [0.2, 0.25) is 5.91 Å². The van der Waals surface area contributed by atoms with Gasteiger partial charge in [0.05, 0.1) is 23.5 Å². The smallest absolute Gasteiger partial charge is 0.411 e. The summed E-state index contributed by atoms with van der Waals surface area (Å²) in [6.07, 6.45) is 4.01. The Balaban J connectivity index is 1.11. The molecular formula is C40H53ClN4O6. The van der Waals surface area contributed by atoms with Crippen molar-refractivity contribution >= 4 is 40.9 Å². The van der Waals surface area contributed by atoms with Crippen LogP contribution in [0.25, 0.3) is 11.1 Å². The molecule has 1 heterocycles. The number of carbonyl (C=O) groups excluding carboxylic acids is 3. The van der Waals surface area contributed by atoms with E-state index in [0.29, 0.717) is 23.7 Å². The molecule has 1 N–H and O–H groups in total. The maximum absolute atomic E-state index is 12.8. The number of hydrogen-bond donors (Lipinski definition) is 1. The van der Waals surface area contributed by atoms with Gasteiger partial charge in [0, 0.05) is 64.9 Å². The van der Waals surface area contributed by atoms with E-state index in [9.17, 15) is 14.4 Å². The molecule has 2 amide bonds. The second kappa shape index (κ2) is 18.8. The maximum atomic E-state index is 12.8. The number of halogens is 1. The number of esters is 1. The minimum absolute atomic E-state index is 0.138. The second-order valence-corrected chi connectivity index (χ2v) is 14.4. The fourth-order valence-corrected chi connectivity index (χ4v) is 6.34. The molecule has 0 radical (unpaired) electrons. The standard InChI is InChI=1S/C40H53ClN4O6/c1-40(2,3)51-38(47)32-27-33(41)35(28-36(32)49-6)43(4)22-14-8-11-19-37(46)44(5)25-26-45-23-20-30(21-24-45)50-39(48)42-34-18-13-12-17-31(34)29-15-9-7-10-16-29/h7,9-10,12-13,15-18,27-28,30H,8,11,14,19-26H2,1-6H3,(H,42,48). The molecule has 0 spiro atoms. The van der Waals surface area contributed by atoms with Crippen LogP contribution in [-0.4, -0.2) is 93.4 Å². The Morgan fingerprint density at radius 1 is 0.922 bits per heavy atom. The number of amides is 2. The quantitative estimate of drug-likeness (QED) is 0.124. The van der Waals surface area contributed by atoms with E-state index in [0.717, 1.165) is 80.8 Å². The summed E-state index contributed by atoms with van der Waals surface area (Å²) in [4.78, 5) is 44.4. The predicted molar refractivity (Wildman–Crippen MR) is 204 cm³/mol. The van der Waals surface area contributed by atoms with Crippen LogP contribution in [0.3, 0.4) is 0 Å². The van der Waals surface area contributed by atoms with Crippen molar-refractivity contribution in [3.05, 3.63) is 77.3 Å². The van der Waals surface area contributed by atoms with Gasteiger partial charge in [-0.05, 0) is 64.2 Å². The molecule has 1 aliphatic heterocycles. The summed E-state index contributed by atoms with van der Waals surface area (Å²) >= 11 is 6.57. The van der Waals surface area contributed by atoms with Crippen LogP contribution in [0.5, 0.6) is 5.75 Å². The van der Waals surface area contributed by atoms with E-state index >= 15 is 0 Å². The first-order chi connectivity index (χ1) is 24.3. The van der Waals surface area contributed by atoms with Gasteiger partial charge in [-0.25, -0.2) is 9.59 Å². The molecule has 10 nitrogen and oxygen atoms in total. The molecular weight excluding hydrogens is 668 g/mol. The molecule has 0 aliphatic carbocycles. The van der Waals surface area contributed by atoms with Crippen LogP contribution >= 0.6 is 11.6 Å². The van der Waals surface area contributed by atoms with Crippen molar-refractivity contribution in [3.63, 3.8) is 0 Å². The van der Waals surface area contributed by atoms with Crippen molar-refractivity contribution in [2.45, 2.75) is 71.0 Å². The lowest BCUT2D eigenvalue weighted by Crippen LogP contribution is -2.42. The van der Waals surface area contributed by atoms with Gasteiger partial charge in [0.15, 0.2) is 0 Å². The summed E-state index contributed by atoms with van der Waals surface area (Å²) < 4.78 is 16.7. The number of methoxy groups -OCH3 is 1. The summed E-state index contributed by atoms with van der Waals surface area (Å²) in [5, 5.41) is 3.37. The highest BCUT2D eigenvalue weighted by Gasteiger charge is 2.25. The molecule has 11 heteroatoms. The Bertz CT molecular complexity index is 1600. The third-order valence-electron chi connectivity index (χ3n) is 8.92. The van der Waals surface area contributed by atoms with Crippen LogP contribution in [0, 0.1) is 0 Å². The largest absolute Gasteiger partial charge is 0.496 e. The number of unbranched alkanes of at least 4 members (excludes halogenated alkanes) is 2. The Hall–Kier alpha value is -4.28. The van der Waals surface area contributed by atoms with E-state index in [1.54, 1.807) is 12.1 Å². The highest BCUT2D eigenvalue weighted by Crippen LogP contribution is 2.34. The first-order valence-corrected chi connectivity index (χ1v) is 18.1. The lowest BCUT2D eigenvalue weighted by atomic mass is 10.0. The monoisotopic (exact) mass is 720 g/mol. The Morgan fingerprint density at radius 3 is 2.29 bits per heavy atom. The molecule has 3 aromatic carbocycles. The molecule has 4 rings (SSSR count). The van der Waals surface area contributed by atoms with E-state index in [-0.39, 0.29) is 17.6 Å². The van der Waals surface area contributed by atoms with Crippen molar-refractivity contribution in [2.24, 2.45) is 0 Å². The zero-order valence-corrected chi connectivity index (χ0v) is 31.6. The zero-order chi connectivity index (χ0) is 37.0. The van der Waals surface area contributed by atoms with E-state index in [1.165, 1.54) is 7.11 Å². The summed E-state index contributed by atoms with van der Waals surface area (Å²) in [5.74, 6) is 0.0633. The minimum Gasteiger partial charge on any atom is -0.496 e. The Kier molecular flexibility index (Phi) is 14.6. The van der Waals surface area contributed by atoms with Crippen LogP contribution in [0.1, 0.15) is 69.7 Å². The average Bonchev–Trinajstić information content (AvgIpc) is 3.10. The maximum Gasteiger partial charge on any atom is 0.411 e. The lowest BCUT2D eigenvalue weighted by Gasteiger charge is -2.32. The number of rotatable bonds is 15. The van der Waals surface area contributed by atoms with Crippen molar-refractivity contribution in [1.29, 1.82) is 0 Å². The number of benzene rings is 3. The van der Waals surface area contributed by atoms with E-state index in [2.05, 4.69) is 10.2 Å². The molecule has 0 atom stereocenters. The molecule has 276 valence electrons. The number of anilines is 2. The number of hydrogen-bond acceptors (Lipinski definition) is 8. The molecule has 0 aromatic heterocycles. The highest BCUT2D eigenvalue weighted by atomic mass is 35.5. The van der Waals surface area contributed by atoms with Crippen molar-refractivity contribution in [1.82, 2.24) is 9.80 Å². The van der Waals surface area contributed by atoms with Crippen molar-refractivity contribution < 1.29 is 28.6 Å². The topological polar surface area (TPSA) is 101 Å². The van der Waals surface area contributed by atoms with Crippen LogP contribution in [0.2, 0.25) is 5.02 Å². The fourth-order valence-electron chi connectivity index (χ4n) is 6.03.